The summed E-state index contributed by atoms with van der Waals surface area (Å²) in [6.45, 7) is 11.5. The van der Waals surface area contributed by atoms with E-state index in [9.17, 15) is 4.79 Å². The van der Waals surface area contributed by atoms with Gasteiger partial charge in [0.2, 0.25) is 0 Å². The van der Waals surface area contributed by atoms with Gasteiger partial charge in [-0.2, -0.15) is 5.10 Å². The first-order valence-electron chi connectivity index (χ1n) is 12.3. The molecule has 1 atom stereocenters. The molecule has 1 unspecified atom stereocenters. The number of hydrogen-bond acceptors (Lipinski definition) is 5. The van der Waals surface area contributed by atoms with Crippen LogP contribution < -0.4 is 10.1 Å². The lowest BCUT2D eigenvalue weighted by Crippen LogP contribution is -2.39. The summed E-state index contributed by atoms with van der Waals surface area (Å²) >= 11 is 0. The number of methoxy groups -OCH3 is 1. The molecule has 0 spiro atoms. The highest BCUT2D eigenvalue weighted by Gasteiger charge is 2.22. The number of nitrogens with zero attached hydrogens (tertiary/aromatic N) is 4. The number of carbonyl (C=O) groups is 1. The smallest absolute Gasteiger partial charge is 0.270 e. The summed E-state index contributed by atoms with van der Waals surface area (Å²) in [4.78, 5) is 20.3. The van der Waals surface area contributed by atoms with E-state index in [1.165, 1.54) is 19.3 Å². The van der Waals surface area contributed by atoms with Crippen LogP contribution >= 0.6 is 0 Å². The first-order chi connectivity index (χ1) is 16.3. The Balaban J connectivity index is 1.57. The molecule has 4 rings (SSSR count). The highest BCUT2D eigenvalue weighted by molar-refractivity contribution is 5.94. The van der Waals surface area contributed by atoms with E-state index in [1.807, 2.05) is 40.9 Å². The number of amides is 1. The van der Waals surface area contributed by atoms with Crippen LogP contribution in [-0.4, -0.2) is 58.2 Å². The van der Waals surface area contributed by atoms with E-state index in [0.29, 0.717) is 23.9 Å². The fourth-order valence-electron chi connectivity index (χ4n) is 4.51. The zero-order chi connectivity index (χ0) is 24.3. The number of rotatable bonds is 7. The second-order valence-electron chi connectivity index (χ2n) is 10.3. The summed E-state index contributed by atoms with van der Waals surface area (Å²) in [6, 6.07) is 12.2. The minimum atomic E-state index is -0.156. The minimum absolute atomic E-state index is 0.132. The minimum Gasteiger partial charge on any atom is -0.497 e. The van der Waals surface area contributed by atoms with Crippen molar-refractivity contribution in [1.82, 2.24) is 24.8 Å². The van der Waals surface area contributed by atoms with Crippen LogP contribution in [0.15, 0.2) is 36.4 Å². The van der Waals surface area contributed by atoms with Crippen LogP contribution in [0.5, 0.6) is 5.75 Å². The lowest BCUT2D eigenvalue weighted by Gasteiger charge is -2.33. The van der Waals surface area contributed by atoms with Gasteiger partial charge in [-0.15, -0.1) is 0 Å². The monoisotopic (exact) mass is 463 g/mol. The van der Waals surface area contributed by atoms with E-state index in [1.54, 1.807) is 7.11 Å². The molecule has 0 aliphatic carbocycles. The van der Waals surface area contributed by atoms with Crippen molar-refractivity contribution in [3.05, 3.63) is 47.8 Å². The average molecular weight is 464 g/mol. The van der Waals surface area contributed by atoms with Crippen molar-refractivity contribution in [2.45, 2.75) is 64.8 Å². The zero-order valence-corrected chi connectivity index (χ0v) is 21.1. The summed E-state index contributed by atoms with van der Waals surface area (Å²) in [6.07, 6.45) is 4.80. The van der Waals surface area contributed by atoms with Gasteiger partial charge in [0.15, 0.2) is 5.65 Å². The molecule has 7 heteroatoms. The van der Waals surface area contributed by atoms with Gasteiger partial charge in [0.05, 0.1) is 18.5 Å². The van der Waals surface area contributed by atoms with Crippen molar-refractivity contribution >= 4 is 11.6 Å². The molecule has 1 saturated heterocycles. The maximum atomic E-state index is 13.1. The molecule has 1 fully saturated rings. The van der Waals surface area contributed by atoms with E-state index in [2.05, 4.69) is 42.9 Å². The molecular formula is C27H37N5O2. The van der Waals surface area contributed by atoms with Gasteiger partial charge < -0.3 is 15.0 Å². The van der Waals surface area contributed by atoms with E-state index in [-0.39, 0.29) is 11.3 Å². The Kier molecular flexibility index (Phi) is 7.22. The highest BCUT2D eigenvalue weighted by atomic mass is 16.5. The second-order valence-corrected chi connectivity index (χ2v) is 10.3. The summed E-state index contributed by atoms with van der Waals surface area (Å²) < 4.78 is 7.24. The zero-order valence-electron chi connectivity index (χ0n) is 21.1. The molecule has 182 valence electrons. The number of hydrogen-bond donors (Lipinski definition) is 1. The molecule has 2 aromatic heterocycles. The van der Waals surface area contributed by atoms with Gasteiger partial charge in [-0.05, 0) is 50.9 Å². The van der Waals surface area contributed by atoms with Crippen molar-refractivity contribution in [2.75, 3.05) is 26.7 Å². The number of ether oxygens (including phenoxy) is 1. The number of piperidine rings is 1. The molecule has 7 nitrogen and oxygen atoms in total. The average Bonchev–Trinajstić information content (AvgIpc) is 3.27. The molecule has 3 aromatic rings. The Labute approximate surface area is 202 Å². The van der Waals surface area contributed by atoms with Gasteiger partial charge in [-0.3, -0.25) is 4.79 Å². The van der Waals surface area contributed by atoms with Crippen molar-refractivity contribution in [2.24, 2.45) is 0 Å². The van der Waals surface area contributed by atoms with Crippen LogP contribution in [0.25, 0.3) is 16.9 Å². The Bertz CT molecular complexity index is 1150. The van der Waals surface area contributed by atoms with Crippen molar-refractivity contribution in [1.29, 1.82) is 0 Å². The normalized spacial score (nSPS) is 17.1. The predicted octanol–water partition coefficient (Wildman–Crippen LogP) is 4.70. The highest BCUT2D eigenvalue weighted by Crippen LogP contribution is 2.28. The Hall–Kier alpha value is -2.93. The number of carbonyl (C=O) groups excluding carboxylic acids is 1. The maximum Gasteiger partial charge on any atom is 0.270 e. The molecular weight excluding hydrogens is 426 g/mol. The van der Waals surface area contributed by atoms with E-state index < -0.39 is 0 Å². The molecule has 1 N–H and O–H groups in total. The van der Waals surface area contributed by atoms with Gasteiger partial charge in [-0.1, -0.05) is 39.3 Å². The summed E-state index contributed by atoms with van der Waals surface area (Å²) in [5, 5.41) is 7.90. The quantitative estimate of drug-likeness (QED) is 0.515. The Morgan fingerprint density at radius 3 is 2.76 bits per heavy atom. The van der Waals surface area contributed by atoms with E-state index in [4.69, 9.17) is 9.84 Å². The van der Waals surface area contributed by atoms with Crippen molar-refractivity contribution < 1.29 is 9.53 Å². The number of aromatic nitrogens is 3. The molecule has 0 saturated carbocycles. The molecule has 1 aliphatic rings. The van der Waals surface area contributed by atoms with Crippen LogP contribution in [-0.2, 0) is 5.41 Å². The van der Waals surface area contributed by atoms with Crippen LogP contribution in [0.2, 0.25) is 0 Å². The van der Waals surface area contributed by atoms with Crippen molar-refractivity contribution in [3.63, 3.8) is 0 Å². The van der Waals surface area contributed by atoms with Crippen molar-refractivity contribution in [3.8, 4) is 17.0 Å². The molecule has 3 heterocycles. The second kappa shape index (κ2) is 10.1. The lowest BCUT2D eigenvalue weighted by atomic mass is 9.93. The third-order valence-corrected chi connectivity index (χ3v) is 6.64. The molecule has 1 aromatic carbocycles. The number of nitrogens with one attached hydrogen (secondary N) is 1. The molecule has 1 amide bonds. The third kappa shape index (κ3) is 5.41. The van der Waals surface area contributed by atoms with Crippen LogP contribution in [0, 0.1) is 0 Å². The Morgan fingerprint density at radius 2 is 2.03 bits per heavy atom. The van der Waals surface area contributed by atoms with Gasteiger partial charge >= 0.3 is 0 Å². The molecule has 0 bridgehead atoms. The number of likely N-dealkylation sites (tertiary alicyclic amines) is 1. The third-order valence-electron chi connectivity index (χ3n) is 6.64. The van der Waals surface area contributed by atoms with Gasteiger partial charge in [0, 0.05) is 36.2 Å². The molecule has 34 heavy (non-hydrogen) atoms. The number of benzene rings is 1. The Morgan fingerprint density at radius 1 is 1.21 bits per heavy atom. The standard InChI is InChI=1S/C27H37N5O2/c1-19-10-6-7-14-31(19)15-9-13-28-26(33)22-17-23(20-11-8-12-21(16-20)34-5)32-25(29-22)18-24(30-32)27(2,3)4/h8,11-12,16-19H,6-7,9-10,13-15H2,1-5H3,(H,28,33). The predicted molar refractivity (Wildman–Crippen MR) is 136 cm³/mol. The first-order valence-corrected chi connectivity index (χ1v) is 12.3. The fourth-order valence-corrected chi connectivity index (χ4v) is 4.51. The van der Waals surface area contributed by atoms with Gasteiger partial charge in [-0.25, -0.2) is 9.50 Å². The summed E-state index contributed by atoms with van der Waals surface area (Å²) in [5.41, 5.74) is 3.59. The van der Waals surface area contributed by atoms with Crippen LogP contribution in [0.1, 0.15) is 69.6 Å². The maximum absolute atomic E-state index is 13.1. The molecule has 1 aliphatic heterocycles. The van der Waals surface area contributed by atoms with Gasteiger partial charge in [0.25, 0.3) is 5.91 Å². The first kappa shape index (κ1) is 24.2. The number of fused-ring (bicyclic) bond motifs is 1. The lowest BCUT2D eigenvalue weighted by molar-refractivity contribution is 0.0944. The van der Waals surface area contributed by atoms with Crippen LogP contribution in [0.4, 0.5) is 0 Å². The van der Waals surface area contributed by atoms with E-state index in [0.717, 1.165) is 42.2 Å². The largest absolute Gasteiger partial charge is 0.497 e. The topological polar surface area (TPSA) is 71.8 Å². The van der Waals surface area contributed by atoms with Gasteiger partial charge in [0.1, 0.15) is 11.4 Å². The molecule has 0 radical (unpaired) electrons. The van der Waals surface area contributed by atoms with E-state index >= 15 is 0 Å². The SMILES string of the molecule is COc1cccc(-c2cc(C(=O)NCCCN3CCCCC3C)nc3cc(C(C)(C)C)nn23)c1. The fraction of sp³-hybridized carbons (Fsp3) is 0.519. The summed E-state index contributed by atoms with van der Waals surface area (Å²) in [7, 11) is 1.65. The summed E-state index contributed by atoms with van der Waals surface area (Å²) in [5.74, 6) is 0.598. The van der Waals surface area contributed by atoms with Crippen LogP contribution in [0.3, 0.4) is 0 Å².